The lowest BCUT2D eigenvalue weighted by atomic mass is 10.0. The monoisotopic (exact) mass is 265 g/mol. The second-order valence-electron chi connectivity index (χ2n) is 4.91. The molecule has 0 fully saturated rings. The van der Waals surface area contributed by atoms with Crippen LogP contribution in [0.2, 0.25) is 0 Å². The summed E-state index contributed by atoms with van der Waals surface area (Å²) in [5.41, 5.74) is 0.942. The van der Waals surface area contributed by atoms with E-state index in [1.165, 1.54) is 13.0 Å². The van der Waals surface area contributed by atoms with Crippen molar-refractivity contribution in [2.75, 3.05) is 18.0 Å². The summed E-state index contributed by atoms with van der Waals surface area (Å²) < 4.78 is 13.9. The normalized spacial score (nSPS) is 10.8. The molecule has 0 unspecified atom stereocenters. The highest BCUT2D eigenvalue weighted by molar-refractivity contribution is 6.00. The number of nitrogens with zero attached hydrogens (tertiary/aromatic N) is 1. The first-order valence-corrected chi connectivity index (χ1v) is 7.09. The standard InChI is InChI=1S/C16H24FNO/c1-5-13(6-2)11-18(7-3)15-10-8-9-14(17)16(15)12(4)19/h8-10,13H,5-7,11H2,1-4H3. The van der Waals surface area contributed by atoms with Gasteiger partial charge in [-0.15, -0.1) is 0 Å². The molecule has 0 atom stereocenters. The Morgan fingerprint density at radius 2 is 1.89 bits per heavy atom. The van der Waals surface area contributed by atoms with E-state index in [9.17, 15) is 9.18 Å². The first-order valence-electron chi connectivity index (χ1n) is 7.09. The van der Waals surface area contributed by atoms with E-state index in [1.807, 2.05) is 13.0 Å². The summed E-state index contributed by atoms with van der Waals surface area (Å²) in [7, 11) is 0. The summed E-state index contributed by atoms with van der Waals surface area (Å²) in [6, 6.07) is 4.86. The predicted molar refractivity (Wildman–Crippen MR) is 78.4 cm³/mol. The quantitative estimate of drug-likeness (QED) is 0.685. The molecule has 0 bridgehead atoms. The molecule has 0 aromatic heterocycles. The lowest BCUT2D eigenvalue weighted by Crippen LogP contribution is -2.30. The Morgan fingerprint density at radius 3 is 2.37 bits per heavy atom. The van der Waals surface area contributed by atoms with Gasteiger partial charge in [-0.3, -0.25) is 4.79 Å². The minimum atomic E-state index is -0.423. The maximum atomic E-state index is 13.9. The summed E-state index contributed by atoms with van der Waals surface area (Å²) in [6.45, 7) is 9.44. The van der Waals surface area contributed by atoms with Gasteiger partial charge >= 0.3 is 0 Å². The highest BCUT2D eigenvalue weighted by atomic mass is 19.1. The van der Waals surface area contributed by atoms with Crippen molar-refractivity contribution in [3.8, 4) is 0 Å². The van der Waals surface area contributed by atoms with E-state index in [2.05, 4.69) is 18.7 Å². The number of rotatable bonds is 7. The van der Waals surface area contributed by atoms with Crippen LogP contribution >= 0.6 is 0 Å². The maximum Gasteiger partial charge on any atom is 0.164 e. The van der Waals surface area contributed by atoms with Crippen LogP contribution in [-0.2, 0) is 0 Å². The van der Waals surface area contributed by atoms with Gasteiger partial charge in [-0.05, 0) is 31.9 Å². The lowest BCUT2D eigenvalue weighted by Gasteiger charge is -2.29. The highest BCUT2D eigenvalue weighted by Gasteiger charge is 2.18. The van der Waals surface area contributed by atoms with Crippen LogP contribution in [0.1, 0.15) is 50.9 Å². The number of Topliss-reactive ketones (excluding diaryl/α,β-unsaturated/α-hetero) is 1. The van der Waals surface area contributed by atoms with E-state index in [-0.39, 0.29) is 11.3 Å². The molecule has 0 saturated heterocycles. The molecule has 1 aromatic carbocycles. The molecule has 0 spiro atoms. The Kier molecular flexibility index (Phi) is 6.00. The van der Waals surface area contributed by atoms with Crippen LogP contribution in [0.3, 0.4) is 0 Å². The smallest absolute Gasteiger partial charge is 0.164 e. The van der Waals surface area contributed by atoms with E-state index < -0.39 is 5.82 Å². The van der Waals surface area contributed by atoms with Gasteiger partial charge in [0.1, 0.15) is 5.82 Å². The number of hydrogen-bond donors (Lipinski definition) is 0. The molecular formula is C16H24FNO. The molecule has 0 heterocycles. The lowest BCUT2D eigenvalue weighted by molar-refractivity contribution is 0.101. The van der Waals surface area contributed by atoms with Crippen molar-refractivity contribution in [1.29, 1.82) is 0 Å². The average Bonchev–Trinajstić information content (AvgIpc) is 2.39. The summed E-state index contributed by atoms with van der Waals surface area (Å²) in [5, 5.41) is 0. The third kappa shape index (κ3) is 3.79. The molecule has 0 amide bonds. The highest BCUT2D eigenvalue weighted by Crippen LogP contribution is 2.25. The second kappa shape index (κ2) is 7.27. The minimum Gasteiger partial charge on any atom is -0.371 e. The molecule has 2 nitrogen and oxygen atoms in total. The van der Waals surface area contributed by atoms with Gasteiger partial charge in [0.2, 0.25) is 0 Å². The van der Waals surface area contributed by atoms with E-state index in [0.29, 0.717) is 5.92 Å². The Bertz CT molecular complexity index is 427. The van der Waals surface area contributed by atoms with Gasteiger partial charge in [0.05, 0.1) is 11.3 Å². The van der Waals surface area contributed by atoms with E-state index >= 15 is 0 Å². The van der Waals surface area contributed by atoms with Gasteiger partial charge in [-0.2, -0.15) is 0 Å². The van der Waals surface area contributed by atoms with Crippen molar-refractivity contribution in [1.82, 2.24) is 0 Å². The zero-order valence-corrected chi connectivity index (χ0v) is 12.4. The molecule has 1 rings (SSSR count). The van der Waals surface area contributed by atoms with Crippen LogP contribution in [0.25, 0.3) is 0 Å². The van der Waals surface area contributed by atoms with Crippen molar-refractivity contribution < 1.29 is 9.18 Å². The minimum absolute atomic E-state index is 0.212. The third-order valence-corrected chi connectivity index (χ3v) is 3.70. The molecule has 3 heteroatoms. The number of hydrogen-bond acceptors (Lipinski definition) is 2. The number of carbonyl (C=O) groups excluding carboxylic acids is 1. The molecule has 19 heavy (non-hydrogen) atoms. The fourth-order valence-corrected chi connectivity index (χ4v) is 2.38. The Morgan fingerprint density at radius 1 is 1.26 bits per heavy atom. The van der Waals surface area contributed by atoms with Gasteiger partial charge in [0.15, 0.2) is 5.78 Å². The second-order valence-corrected chi connectivity index (χ2v) is 4.91. The van der Waals surface area contributed by atoms with Crippen LogP contribution < -0.4 is 4.90 Å². The van der Waals surface area contributed by atoms with Gasteiger partial charge < -0.3 is 4.90 Å². The summed E-state index contributed by atoms with van der Waals surface area (Å²) >= 11 is 0. The summed E-state index contributed by atoms with van der Waals surface area (Å²) in [4.78, 5) is 13.8. The molecular weight excluding hydrogens is 241 g/mol. The van der Waals surface area contributed by atoms with Gasteiger partial charge in [-0.1, -0.05) is 32.8 Å². The van der Waals surface area contributed by atoms with E-state index in [1.54, 1.807) is 6.07 Å². The first kappa shape index (κ1) is 15.7. The number of benzene rings is 1. The van der Waals surface area contributed by atoms with Crippen molar-refractivity contribution >= 4 is 11.5 Å². The zero-order valence-electron chi connectivity index (χ0n) is 12.4. The van der Waals surface area contributed by atoms with Crippen molar-refractivity contribution in [2.24, 2.45) is 5.92 Å². The van der Waals surface area contributed by atoms with Crippen LogP contribution in [0.15, 0.2) is 18.2 Å². The van der Waals surface area contributed by atoms with Crippen LogP contribution in [0, 0.1) is 11.7 Å². The molecule has 106 valence electrons. The fraction of sp³-hybridized carbons (Fsp3) is 0.562. The van der Waals surface area contributed by atoms with Crippen LogP contribution in [0.5, 0.6) is 0 Å². The largest absolute Gasteiger partial charge is 0.371 e. The molecule has 0 saturated carbocycles. The number of anilines is 1. The molecule has 0 N–H and O–H groups in total. The number of halogens is 1. The van der Waals surface area contributed by atoms with E-state index in [4.69, 9.17) is 0 Å². The SMILES string of the molecule is CCC(CC)CN(CC)c1cccc(F)c1C(C)=O. The van der Waals surface area contributed by atoms with Gasteiger partial charge in [0, 0.05) is 13.1 Å². The average molecular weight is 265 g/mol. The van der Waals surface area contributed by atoms with Crippen LogP contribution in [0.4, 0.5) is 10.1 Å². The maximum absolute atomic E-state index is 13.9. The Balaban J connectivity index is 3.11. The Labute approximate surface area is 115 Å². The first-order chi connectivity index (χ1) is 9.04. The number of ketones is 1. The predicted octanol–water partition coefficient (Wildman–Crippen LogP) is 4.29. The van der Waals surface area contributed by atoms with Crippen molar-refractivity contribution in [3.63, 3.8) is 0 Å². The van der Waals surface area contributed by atoms with Crippen molar-refractivity contribution in [3.05, 3.63) is 29.6 Å². The zero-order chi connectivity index (χ0) is 14.4. The third-order valence-electron chi connectivity index (χ3n) is 3.70. The van der Waals surface area contributed by atoms with Crippen molar-refractivity contribution in [2.45, 2.75) is 40.5 Å². The molecule has 0 aliphatic carbocycles. The summed E-state index contributed by atoms with van der Waals surface area (Å²) in [5.74, 6) is -0.0629. The molecule has 0 aliphatic heterocycles. The topological polar surface area (TPSA) is 20.3 Å². The van der Waals surface area contributed by atoms with Gasteiger partial charge in [0.25, 0.3) is 0 Å². The molecule has 0 radical (unpaired) electrons. The van der Waals surface area contributed by atoms with Gasteiger partial charge in [-0.25, -0.2) is 4.39 Å². The van der Waals surface area contributed by atoms with Crippen LogP contribution in [-0.4, -0.2) is 18.9 Å². The Hall–Kier alpha value is -1.38. The molecule has 1 aromatic rings. The fourth-order valence-electron chi connectivity index (χ4n) is 2.38. The molecule has 0 aliphatic rings. The number of carbonyl (C=O) groups is 1. The van der Waals surface area contributed by atoms with E-state index in [0.717, 1.165) is 31.6 Å². The summed E-state index contributed by atoms with van der Waals surface area (Å²) in [6.07, 6.45) is 2.19.